The van der Waals surface area contributed by atoms with Crippen molar-refractivity contribution in [3.05, 3.63) is 18.0 Å². The zero-order valence-electron chi connectivity index (χ0n) is 5.70. The van der Waals surface area contributed by atoms with Crippen LogP contribution in [0.15, 0.2) is 12.3 Å². The fourth-order valence-electron chi connectivity index (χ4n) is 0.969. The molecule has 11 heavy (non-hydrogen) atoms. The van der Waals surface area contributed by atoms with Gasteiger partial charge in [0.1, 0.15) is 5.37 Å². The van der Waals surface area contributed by atoms with Crippen LogP contribution in [-0.4, -0.2) is 21.9 Å². The molecule has 1 aromatic heterocycles. The summed E-state index contributed by atoms with van der Waals surface area (Å²) in [6.45, 7) is 0. The van der Waals surface area contributed by atoms with Crippen LogP contribution in [0.5, 0.6) is 0 Å². The summed E-state index contributed by atoms with van der Waals surface area (Å²) < 4.78 is 0. The van der Waals surface area contributed by atoms with Gasteiger partial charge in [0.05, 0.1) is 11.4 Å². The van der Waals surface area contributed by atoms with E-state index in [1.165, 1.54) is 0 Å². The third kappa shape index (κ3) is 1.23. The van der Waals surface area contributed by atoms with Gasteiger partial charge in [-0.15, -0.1) is 11.8 Å². The Morgan fingerprint density at radius 3 is 3.18 bits per heavy atom. The normalized spacial score (nSPS) is 23.6. The lowest BCUT2D eigenvalue weighted by Crippen LogP contribution is -2.19. The zero-order valence-corrected chi connectivity index (χ0v) is 6.52. The maximum Gasteiger partial charge on any atom is 0.231 e. The van der Waals surface area contributed by atoms with Gasteiger partial charge in [0, 0.05) is 6.20 Å². The molecule has 0 radical (unpaired) electrons. The molecule has 0 saturated carbocycles. The second-order valence-electron chi connectivity index (χ2n) is 2.27. The molecule has 1 unspecified atom stereocenters. The van der Waals surface area contributed by atoms with Crippen LogP contribution in [-0.2, 0) is 4.79 Å². The monoisotopic (exact) mass is 169 g/mol. The number of amides is 1. The number of carbonyl (C=O) groups is 1. The Balaban J connectivity index is 2.13. The highest BCUT2D eigenvalue weighted by atomic mass is 32.2. The average Bonchev–Trinajstić information content (AvgIpc) is 2.55. The predicted octanol–water partition coefficient (Wildman–Crippen LogP) is 0.271. The first-order valence-electron chi connectivity index (χ1n) is 3.26. The van der Waals surface area contributed by atoms with Crippen molar-refractivity contribution in [1.82, 2.24) is 15.5 Å². The zero-order chi connectivity index (χ0) is 7.68. The number of aromatic amines is 1. The van der Waals surface area contributed by atoms with Crippen LogP contribution < -0.4 is 5.32 Å². The molecule has 1 saturated heterocycles. The maximum absolute atomic E-state index is 10.8. The lowest BCUT2D eigenvalue weighted by molar-refractivity contribution is -0.118. The van der Waals surface area contributed by atoms with E-state index in [0.29, 0.717) is 5.75 Å². The van der Waals surface area contributed by atoms with Crippen molar-refractivity contribution in [3.63, 3.8) is 0 Å². The lowest BCUT2D eigenvalue weighted by atomic mass is 10.4. The van der Waals surface area contributed by atoms with Crippen molar-refractivity contribution in [1.29, 1.82) is 0 Å². The first-order chi connectivity index (χ1) is 5.36. The van der Waals surface area contributed by atoms with Gasteiger partial charge in [-0.25, -0.2) is 0 Å². The van der Waals surface area contributed by atoms with Gasteiger partial charge in [-0.1, -0.05) is 0 Å². The quantitative estimate of drug-likeness (QED) is 0.634. The molecule has 1 aliphatic heterocycles. The van der Waals surface area contributed by atoms with E-state index in [9.17, 15) is 4.79 Å². The van der Waals surface area contributed by atoms with E-state index < -0.39 is 0 Å². The van der Waals surface area contributed by atoms with Gasteiger partial charge in [0.25, 0.3) is 0 Å². The maximum atomic E-state index is 10.8. The number of carbonyl (C=O) groups excluding carboxylic acids is 1. The van der Waals surface area contributed by atoms with Crippen LogP contribution in [0.1, 0.15) is 11.1 Å². The summed E-state index contributed by atoms with van der Waals surface area (Å²) in [6.07, 6.45) is 1.68. The summed E-state index contributed by atoms with van der Waals surface area (Å²) in [5, 5.41) is 9.50. The minimum absolute atomic E-state index is 0.0741. The fraction of sp³-hybridized carbons (Fsp3) is 0.333. The fourth-order valence-corrected chi connectivity index (χ4v) is 1.90. The van der Waals surface area contributed by atoms with E-state index >= 15 is 0 Å². The van der Waals surface area contributed by atoms with E-state index in [2.05, 4.69) is 15.5 Å². The third-order valence-corrected chi connectivity index (χ3v) is 2.61. The van der Waals surface area contributed by atoms with Crippen molar-refractivity contribution < 1.29 is 4.79 Å². The van der Waals surface area contributed by atoms with Gasteiger partial charge in [-0.05, 0) is 6.07 Å². The van der Waals surface area contributed by atoms with E-state index in [0.717, 1.165) is 5.69 Å². The summed E-state index contributed by atoms with van der Waals surface area (Å²) in [5.74, 6) is 0.638. The van der Waals surface area contributed by atoms with Crippen molar-refractivity contribution in [2.24, 2.45) is 0 Å². The average molecular weight is 169 g/mol. The molecule has 0 aliphatic carbocycles. The highest BCUT2D eigenvalue weighted by Crippen LogP contribution is 2.28. The Morgan fingerprint density at radius 1 is 1.73 bits per heavy atom. The van der Waals surface area contributed by atoms with Crippen LogP contribution in [0.25, 0.3) is 0 Å². The first kappa shape index (κ1) is 6.72. The van der Waals surface area contributed by atoms with Crippen LogP contribution in [0, 0.1) is 0 Å². The van der Waals surface area contributed by atoms with Crippen molar-refractivity contribution in [3.8, 4) is 0 Å². The number of nitrogens with one attached hydrogen (secondary N) is 2. The molecule has 4 nitrogen and oxygen atoms in total. The Kier molecular flexibility index (Phi) is 1.58. The summed E-state index contributed by atoms with van der Waals surface area (Å²) in [5.41, 5.74) is 0.959. The summed E-state index contributed by atoms with van der Waals surface area (Å²) in [4.78, 5) is 10.8. The Bertz CT molecular complexity index is 259. The van der Waals surface area contributed by atoms with Gasteiger partial charge in [-0.2, -0.15) is 5.10 Å². The van der Waals surface area contributed by atoms with Gasteiger partial charge < -0.3 is 5.32 Å². The SMILES string of the molecule is O=C1CSC(c2ccn[nH]2)N1. The van der Waals surface area contributed by atoms with Crippen molar-refractivity contribution in [2.75, 3.05) is 5.75 Å². The number of thioether (sulfide) groups is 1. The number of hydrogen-bond donors (Lipinski definition) is 2. The van der Waals surface area contributed by atoms with E-state index in [1.54, 1.807) is 18.0 Å². The lowest BCUT2D eigenvalue weighted by Gasteiger charge is -2.03. The largest absolute Gasteiger partial charge is 0.338 e. The van der Waals surface area contributed by atoms with Crippen LogP contribution in [0.4, 0.5) is 0 Å². The second-order valence-corrected chi connectivity index (χ2v) is 3.36. The third-order valence-electron chi connectivity index (χ3n) is 1.48. The smallest absolute Gasteiger partial charge is 0.231 e. The number of hydrogen-bond acceptors (Lipinski definition) is 3. The minimum Gasteiger partial charge on any atom is -0.338 e. The van der Waals surface area contributed by atoms with Crippen molar-refractivity contribution >= 4 is 17.7 Å². The van der Waals surface area contributed by atoms with Gasteiger partial charge in [-0.3, -0.25) is 9.89 Å². The van der Waals surface area contributed by atoms with Crippen molar-refractivity contribution in [2.45, 2.75) is 5.37 Å². The number of rotatable bonds is 1. The van der Waals surface area contributed by atoms with E-state index in [1.807, 2.05) is 6.07 Å². The Labute approximate surface area is 67.8 Å². The molecule has 1 aromatic rings. The Hall–Kier alpha value is -0.970. The predicted molar refractivity (Wildman–Crippen MR) is 41.9 cm³/mol. The molecule has 58 valence electrons. The molecule has 1 amide bonds. The molecule has 1 aliphatic rings. The number of H-pyrrole nitrogens is 1. The molecule has 1 atom stereocenters. The highest BCUT2D eigenvalue weighted by molar-refractivity contribution is 8.00. The van der Waals surface area contributed by atoms with Crippen LogP contribution >= 0.6 is 11.8 Å². The van der Waals surface area contributed by atoms with E-state index in [-0.39, 0.29) is 11.3 Å². The molecule has 0 aromatic carbocycles. The number of nitrogens with zero attached hydrogens (tertiary/aromatic N) is 1. The molecule has 0 spiro atoms. The summed E-state index contributed by atoms with van der Waals surface area (Å²) in [6, 6.07) is 1.86. The van der Waals surface area contributed by atoms with Crippen LogP contribution in [0.2, 0.25) is 0 Å². The molecular formula is C6H7N3OS. The molecule has 2 rings (SSSR count). The molecule has 2 heterocycles. The van der Waals surface area contributed by atoms with Gasteiger partial charge >= 0.3 is 0 Å². The van der Waals surface area contributed by atoms with Crippen LogP contribution in [0.3, 0.4) is 0 Å². The van der Waals surface area contributed by atoms with Gasteiger partial charge in [0.15, 0.2) is 0 Å². The molecule has 0 bridgehead atoms. The second kappa shape index (κ2) is 2.58. The van der Waals surface area contributed by atoms with Gasteiger partial charge in [0.2, 0.25) is 5.91 Å². The summed E-state index contributed by atoms with van der Waals surface area (Å²) >= 11 is 1.58. The van der Waals surface area contributed by atoms with E-state index in [4.69, 9.17) is 0 Å². The molecular weight excluding hydrogens is 162 g/mol. The molecule has 5 heteroatoms. The minimum atomic E-state index is 0.0741. The topological polar surface area (TPSA) is 57.8 Å². The number of aromatic nitrogens is 2. The Morgan fingerprint density at radius 2 is 2.64 bits per heavy atom. The standard InChI is InChI=1S/C6H7N3OS/c10-5-3-11-6(8-5)4-1-2-7-9-4/h1-2,6H,3H2,(H,7,9)(H,8,10). The summed E-state index contributed by atoms with van der Waals surface area (Å²) in [7, 11) is 0. The molecule has 1 fully saturated rings. The molecule has 2 N–H and O–H groups in total. The first-order valence-corrected chi connectivity index (χ1v) is 4.31. The highest BCUT2D eigenvalue weighted by Gasteiger charge is 2.23.